The molecule has 0 fully saturated rings. The minimum Gasteiger partial charge on any atom is -0.493 e. The van der Waals surface area contributed by atoms with Gasteiger partial charge >= 0.3 is 5.97 Å². The van der Waals surface area contributed by atoms with Crippen molar-refractivity contribution in [1.29, 1.82) is 5.26 Å². The van der Waals surface area contributed by atoms with Crippen LogP contribution in [0.1, 0.15) is 21.5 Å². The lowest BCUT2D eigenvalue weighted by atomic mass is 10.0. The molecule has 30 heavy (non-hydrogen) atoms. The van der Waals surface area contributed by atoms with Gasteiger partial charge in [-0.2, -0.15) is 5.26 Å². The Hall–Kier alpha value is -4.11. The molecule has 0 aliphatic carbocycles. The van der Waals surface area contributed by atoms with Crippen LogP contribution in [-0.2, 0) is 0 Å². The quantitative estimate of drug-likeness (QED) is 0.247. The number of nitriles is 1. The van der Waals surface area contributed by atoms with Crippen LogP contribution in [0, 0.1) is 17.1 Å². The summed E-state index contributed by atoms with van der Waals surface area (Å²) in [5, 5.41) is 9.37. The smallest absolute Gasteiger partial charge is 0.343 e. The molecule has 150 valence electrons. The van der Waals surface area contributed by atoms with Crippen molar-refractivity contribution < 1.29 is 23.4 Å². The van der Waals surface area contributed by atoms with Crippen molar-refractivity contribution in [2.75, 3.05) is 14.2 Å². The van der Waals surface area contributed by atoms with Gasteiger partial charge in [-0.05, 0) is 48.0 Å². The van der Waals surface area contributed by atoms with Crippen molar-refractivity contribution in [1.82, 2.24) is 0 Å². The molecule has 0 aliphatic heterocycles. The fourth-order valence-electron chi connectivity index (χ4n) is 2.78. The second-order valence-electron chi connectivity index (χ2n) is 6.18. The summed E-state index contributed by atoms with van der Waals surface area (Å²) in [4.78, 5) is 12.4. The van der Waals surface area contributed by atoms with E-state index in [-0.39, 0.29) is 11.1 Å². The van der Waals surface area contributed by atoms with Gasteiger partial charge < -0.3 is 14.2 Å². The third kappa shape index (κ3) is 4.65. The Morgan fingerprint density at radius 3 is 2.30 bits per heavy atom. The Kier molecular flexibility index (Phi) is 6.46. The minimum absolute atomic E-state index is 0.197. The van der Waals surface area contributed by atoms with Crippen molar-refractivity contribution in [2.45, 2.75) is 0 Å². The number of halogens is 1. The van der Waals surface area contributed by atoms with E-state index in [1.807, 2.05) is 6.07 Å². The number of carbonyl (C=O) groups excluding carboxylic acids is 1. The van der Waals surface area contributed by atoms with Crippen molar-refractivity contribution in [3.8, 4) is 23.3 Å². The standard InChI is InChI=1S/C24H18FNO4/c1-28-22-12-9-17(14-23(22)29-2)24(27)30-19-10-7-16(8-11-19)13-18(15-26)20-5-3-4-6-21(20)25/h3-14H,1-2H3/b18-13-. The first-order valence-corrected chi connectivity index (χ1v) is 8.96. The van der Waals surface area contributed by atoms with Gasteiger partial charge in [-0.3, -0.25) is 0 Å². The molecule has 0 saturated carbocycles. The number of methoxy groups -OCH3 is 2. The maximum absolute atomic E-state index is 13.9. The molecule has 0 heterocycles. The molecule has 0 aliphatic rings. The number of hydrogen-bond acceptors (Lipinski definition) is 5. The summed E-state index contributed by atoms with van der Waals surface area (Å²) in [6.45, 7) is 0. The molecule has 3 rings (SSSR count). The first-order valence-electron chi connectivity index (χ1n) is 8.96. The van der Waals surface area contributed by atoms with E-state index in [1.54, 1.807) is 60.7 Å². The highest BCUT2D eigenvalue weighted by Crippen LogP contribution is 2.28. The number of esters is 1. The van der Waals surface area contributed by atoms with Gasteiger partial charge in [0.15, 0.2) is 11.5 Å². The zero-order chi connectivity index (χ0) is 21.5. The summed E-state index contributed by atoms with van der Waals surface area (Å²) < 4.78 is 29.7. The van der Waals surface area contributed by atoms with Crippen LogP contribution in [-0.4, -0.2) is 20.2 Å². The Bertz CT molecular complexity index is 1130. The van der Waals surface area contributed by atoms with E-state index >= 15 is 0 Å². The molecule has 0 amide bonds. The predicted molar refractivity (Wildman–Crippen MR) is 111 cm³/mol. The number of benzene rings is 3. The lowest BCUT2D eigenvalue weighted by Crippen LogP contribution is -2.08. The average molecular weight is 403 g/mol. The van der Waals surface area contributed by atoms with Gasteiger partial charge in [-0.25, -0.2) is 9.18 Å². The number of allylic oxidation sites excluding steroid dienone is 1. The van der Waals surface area contributed by atoms with Crippen LogP contribution in [0.2, 0.25) is 0 Å². The summed E-state index contributed by atoms with van der Waals surface area (Å²) >= 11 is 0. The molecule has 0 radical (unpaired) electrons. The molecule has 0 aromatic heterocycles. The third-order valence-electron chi connectivity index (χ3n) is 4.31. The number of hydrogen-bond donors (Lipinski definition) is 0. The minimum atomic E-state index is -0.552. The summed E-state index contributed by atoms with van der Waals surface area (Å²) in [6.07, 6.45) is 1.57. The monoisotopic (exact) mass is 403 g/mol. The number of carbonyl (C=O) groups is 1. The van der Waals surface area contributed by atoms with Crippen LogP contribution in [0.3, 0.4) is 0 Å². The van der Waals surface area contributed by atoms with E-state index in [0.29, 0.717) is 28.4 Å². The summed E-state index contributed by atoms with van der Waals surface area (Å²) in [5.74, 6) is 0.239. The highest BCUT2D eigenvalue weighted by atomic mass is 19.1. The largest absolute Gasteiger partial charge is 0.493 e. The second-order valence-corrected chi connectivity index (χ2v) is 6.18. The summed E-state index contributed by atoms with van der Waals surface area (Å²) in [6, 6.07) is 19.4. The summed E-state index contributed by atoms with van der Waals surface area (Å²) in [5.41, 5.74) is 1.40. The van der Waals surface area contributed by atoms with Crippen molar-refractivity contribution in [2.24, 2.45) is 0 Å². The van der Waals surface area contributed by atoms with E-state index < -0.39 is 11.8 Å². The molecule has 0 bridgehead atoms. The van der Waals surface area contributed by atoms with E-state index in [2.05, 4.69) is 0 Å². The van der Waals surface area contributed by atoms with Crippen LogP contribution in [0.5, 0.6) is 17.2 Å². The van der Waals surface area contributed by atoms with Crippen LogP contribution in [0.15, 0.2) is 66.7 Å². The third-order valence-corrected chi connectivity index (χ3v) is 4.31. The van der Waals surface area contributed by atoms with Crippen molar-refractivity contribution in [3.05, 3.63) is 89.2 Å². The molecule has 5 nitrogen and oxygen atoms in total. The van der Waals surface area contributed by atoms with E-state index in [1.165, 1.54) is 26.4 Å². The average Bonchev–Trinajstić information content (AvgIpc) is 2.78. The number of ether oxygens (including phenoxy) is 3. The number of nitrogens with zero attached hydrogens (tertiary/aromatic N) is 1. The van der Waals surface area contributed by atoms with Crippen molar-refractivity contribution >= 4 is 17.6 Å². The fraction of sp³-hybridized carbons (Fsp3) is 0.0833. The molecule has 3 aromatic rings. The van der Waals surface area contributed by atoms with Crippen LogP contribution in [0.25, 0.3) is 11.6 Å². The molecular weight excluding hydrogens is 385 g/mol. The fourth-order valence-corrected chi connectivity index (χ4v) is 2.78. The number of rotatable bonds is 6. The van der Waals surface area contributed by atoms with Gasteiger partial charge in [0.05, 0.1) is 31.4 Å². The van der Waals surface area contributed by atoms with Gasteiger partial charge in [0.1, 0.15) is 11.6 Å². The van der Waals surface area contributed by atoms with Crippen LogP contribution < -0.4 is 14.2 Å². The Labute approximate surface area is 173 Å². The lowest BCUT2D eigenvalue weighted by Gasteiger charge is -2.09. The maximum atomic E-state index is 13.9. The molecule has 0 spiro atoms. The Morgan fingerprint density at radius 1 is 0.967 bits per heavy atom. The SMILES string of the molecule is COc1ccc(C(=O)Oc2ccc(/C=C(/C#N)c3ccccc3F)cc2)cc1OC. The highest BCUT2D eigenvalue weighted by molar-refractivity contribution is 5.92. The molecule has 0 N–H and O–H groups in total. The Morgan fingerprint density at radius 2 is 1.67 bits per heavy atom. The normalized spacial score (nSPS) is 10.8. The first kappa shape index (κ1) is 20.6. The van der Waals surface area contributed by atoms with Gasteiger partial charge in [-0.15, -0.1) is 0 Å². The molecular formula is C24H18FNO4. The predicted octanol–water partition coefficient (Wildman–Crippen LogP) is 5.13. The van der Waals surface area contributed by atoms with Gasteiger partial charge in [-0.1, -0.05) is 30.3 Å². The first-order chi connectivity index (χ1) is 14.5. The topological polar surface area (TPSA) is 68.5 Å². The zero-order valence-electron chi connectivity index (χ0n) is 16.4. The Balaban J connectivity index is 1.77. The molecule has 0 saturated heterocycles. The van der Waals surface area contributed by atoms with Gasteiger partial charge in [0.2, 0.25) is 0 Å². The molecule has 3 aromatic carbocycles. The lowest BCUT2D eigenvalue weighted by molar-refractivity contribution is 0.0734. The summed E-state index contributed by atoms with van der Waals surface area (Å²) in [7, 11) is 2.99. The maximum Gasteiger partial charge on any atom is 0.343 e. The molecule has 0 atom stereocenters. The highest BCUT2D eigenvalue weighted by Gasteiger charge is 2.13. The van der Waals surface area contributed by atoms with Crippen LogP contribution >= 0.6 is 0 Å². The van der Waals surface area contributed by atoms with E-state index in [9.17, 15) is 14.4 Å². The van der Waals surface area contributed by atoms with Crippen LogP contribution in [0.4, 0.5) is 4.39 Å². The van der Waals surface area contributed by atoms with E-state index in [0.717, 1.165) is 0 Å². The van der Waals surface area contributed by atoms with Gasteiger partial charge in [0, 0.05) is 5.56 Å². The van der Waals surface area contributed by atoms with Gasteiger partial charge in [0.25, 0.3) is 0 Å². The van der Waals surface area contributed by atoms with Crippen molar-refractivity contribution in [3.63, 3.8) is 0 Å². The second kappa shape index (κ2) is 9.39. The van der Waals surface area contributed by atoms with E-state index in [4.69, 9.17) is 14.2 Å². The molecule has 6 heteroatoms. The molecule has 0 unspecified atom stereocenters. The zero-order valence-corrected chi connectivity index (χ0v) is 16.4.